The van der Waals surface area contributed by atoms with Crippen LogP contribution in [-0.4, -0.2) is 31.6 Å². The van der Waals surface area contributed by atoms with Crippen LogP contribution in [0.15, 0.2) is 18.2 Å². The van der Waals surface area contributed by atoms with Gasteiger partial charge in [-0.15, -0.1) is 0 Å². The lowest BCUT2D eigenvalue weighted by atomic mass is 10.1. The third-order valence-corrected chi connectivity index (χ3v) is 3.18. The first-order valence-corrected chi connectivity index (χ1v) is 6.54. The second kappa shape index (κ2) is 6.27. The fraction of sp³-hybridized carbons (Fsp3) is 0.429. The van der Waals surface area contributed by atoms with Gasteiger partial charge in [0, 0.05) is 18.3 Å². The third kappa shape index (κ3) is 3.20. The van der Waals surface area contributed by atoms with E-state index in [1.807, 2.05) is 0 Å². The maximum absolute atomic E-state index is 12.1. The van der Waals surface area contributed by atoms with E-state index in [-0.39, 0.29) is 11.5 Å². The molecule has 1 fully saturated rings. The van der Waals surface area contributed by atoms with Crippen molar-refractivity contribution in [1.82, 2.24) is 5.32 Å². The maximum Gasteiger partial charge on any atom is 0.342 e. The summed E-state index contributed by atoms with van der Waals surface area (Å²) in [5.41, 5.74) is 6.39. The molecule has 1 saturated heterocycles. The summed E-state index contributed by atoms with van der Waals surface area (Å²) < 4.78 is 10.4. The van der Waals surface area contributed by atoms with Crippen LogP contribution in [0.1, 0.15) is 29.6 Å². The fourth-order valence-corrected chi connectivity index (χ4v) is 2.09. The van der Waals surface area contributed by atoms with Crippen LogP contribution in [-0.2, 0) is 9.53 Å². The second-order valence-electron chi connectivity index (χ2n) is 4.64. The number of carbonyl (C=O) groups is 2. The molecule has 1 aliphatic rings. The van der Waals surface area contributed by atoms with Crippen molar-refractivity contribution < 1.29 is 19.1 Å². The van der Waals surface area contributed by atoms with E-state index in [1.165, 1.54) is 13.2 Å². The van der Waals surface area contributed by atoms with Crippen LogP contribution in [0.5, 0.6) is 5.75 Å². The highest BCUT2D eigenvalue weighted by Crippen LogP contribution is 2.23. The zero-order valence-corrected chi connectivity index (χ0v) is 11.3. The predicted octanol–water partition coefficient (Wildman–Crippen LogP) is 1.10. The van der Waals surface area contributed by atoms with Crippen LogP contribution in [0.25, 0.3) is 0 Å². The highest BCUT2D eigenvalue weighted by atomic mass is 16.5. The number of esters is 1. The van der Waals surface area contributed by atoms with E-state index in [4.69, 9.17) is 15.2 Å². The Morgan fingerprint density at radius 2 is 2.20 bits per heavy atom. The SMILES string of the molecule is COc1cc(N)ccc1C(=O)OC1CCCCNC1=O. The van der Waals surface area contributed by atoms with Crippen LogP contribution >= 0.6 is 0 Å². The average Bonchev–Trinajstić information content (AvgIpc) is 2.64. The molecule has 0 bridgehead atoms. The van der Waals surface area contributed by atoms with Crippen LogP contribution < -0.4 is 15.8 Å². The molecule has 1 heterocycles. The minimum Gasteiger partial charge on any atom is -0.496 e. The summed E-state index contributed by atoms with van der Waals surface area (Å²) in [5, 5.41) is 2.72. The van der Waals surface area contributed by atoms with Crippen LogP contribution in [0.2, 0.25) is 0 Å². The van der Waals surface area contributed by atoms with Crippen molar-refractivity contribution in [3.63, 3.8) is 0 Å². The van der Waals surface area contributed by atoms with Crippen molar-refractivity contribution in [2.75, 3.05) is 19.4 Å². The zero-order chi connectivity index (χ0) is 14.5. The Hall–Kier alpha value is -2.24. The molecule has 1 aliphatic heterocycles. The number of benzene rings is 1. The summed E-state index contributed by atoms with van der Waals surface area (Å²) in [4.78, 5) is 23.9. The first-order chi connectivity index (χ1) is 9.61. The van der Waals surface area contributed by atoms with Crippen molar-refractivity contribution in [1.29, 1.82) is 0 Å². The number of hydrogen-bond acceptors (Lipinski definition) is 5. The molecule has 0 aliphatic carbocycles. The molecule has 2 rings (SSSR count). The Bertz CT molecular complexity index is 516. The Morgan fingerprint density at radius 1 is 1.40 bits per heavy atom. The van der Waals surface area contributed by atoms with Crippen molar-refractivity contribution in [2.45, 2.75) is 25.4 Å². The van der Waals surface area contributed by atoms with Gasteiger partial charge in [0.05, 0.1) is 7.11 Å². The molecule has 1 amide bonds. The molecule has 3 N–H and O–H groups in total. The van der Waals surface area contributed by atoms with E-state index in [1.54, 1.807) is 12.1 Å². The van der Waals surface area contributed by atoms with Gasteiger partial charge in [-0.05, 0) is 31.4 Å². The number of rotatable bonds is 3. The summed E-state index contributed by atoms with van der Waals surface area (Å²) in [5.74, 6) is -0.488. The Kier molecular flexibility index (Phi) is 4.45. The molecule has 0 spiro atoms. The van der Waals surface area contributed by atoms with E-state index in [9.17, 15) is 9.59 Å². The quantitative estimate of drug-likeness (QED) is 0.638. The summed E-state index contributed by atoms with van der Waals surface area (Å²) in [6.07, 6.45) is 1.53. The van der Waals surface area contributed by atoms with Gasteiger partial charge in [0.1, 0.15) is 11.3 Å². The molecule has 6 heteroatoms. The molecular weight excluding hydrogens is 260 g/mol. The van der Waals surface area contributed by atoms with Crippen molar-refractivity contribution >= 4 is 17.6 Å². The van der Waals surface area contributed by atoms with Crippen LogP contribution in [0.4, 0.5) is 5.69 Å². The number of hydrogen-bond donors (Lipinski definition) is 2. The number of ether oxygens (including phenoxy) is 2. The van der Waals surface area contributed by atoms with Gasteiger partial charge in [-0.3, -0.25) is 4.79 Å². The van der Waals surface area contributed by atoms with E-state index in [0.29, 0.717) is 24.4 Å². The normalized spacial score (nSPS) is 18.9. The minimum atomic E-state index is -0.743. The van der Waals surface area contributed by atoms with E-state index < -0.39 is 12.1 Å². The van der Waals surface area contributed by atoms with Crippen LogP contribution in [0, 0.1) is 0 Å². The lowest BCUT2D eigenvalue weighted by Crippen LogP contribution is -2.36. The number of methoxy groups -OCH3 is 1. The number of nitrogens with two attached hydrogens (primary N) is 1. The summed E-state index contributed by atoms with van der Waals surface area (Å²) in [7, 11) is 1.45. The van der Waals surface area contributed by atoms with Crippen LogP contribution in [0.3, 0.4) is 0 Å². The lowest BCUT2D eigenvalue weighted by Gasteiger charge is -2.15. The number of amides is 1. The lowest BCUT2D eigenvalue weighted by molar-refractivity contribution is -0.129. The molecule has 1 atom stereocenters. The van der Waals surface area contributed by atoms with E-state index in [0.717, 1.165) is 12.8 Å². The average molecular weight is 278 g/mol. The summed E-state index contributed by atoms with van der Waals surface area (Å²) in [6, 6.07) is 4.67. The fourth-order valence-electron chi connectivity index (χ4n) is 2.09. The standard InChI is InChI=1S/C14H18N2O4/c1-19-12-8-9(15)5-6-10(12)14(18)20-11-4-2-3-7-16-13(11)17/h5-6,8,11H,2-4,7,15H2,1H3,(H,16,17). The predicted molar refractivity (Wildman–Crippen MR) is 73.5 cm³/mol. The minimum absolute atomic E-state index is 0.245. The molecule has 6 nitrogen and oxygen atoms in total. The molecule has 0 aromatic heterocycles. The van der Waals surface area contributed by atoms with Crippen molar-refractivity contribution in [3.8, 4) is 5.75 Å². The molecule has 1 aromatic rings. The van der Waals surface area contributed by atoms with Gasteiger partial charge >= 0.3 is 5.97 Å². The third-order valence-electron chi connectivity index (χ3n) is 3.18. The molecule has 0 radical (unpaired) electrons. The van der Waals surface area contributed by atoms with E-state index in [2.05, 4.69) is 5.32 Å². The molecule has 1 aromatic carbocycles. The van der Waals surface area contributed by atoms with Gasteiger partial charge in [0.2, 0.25) is 0 Å². The molecular formula is C14H18N2O4. The van der Waals surface area contributed by atoms with Crippen molar-refractivity contribution in [3.05, 3.63) is 23.8 Å². The van der Waals surface area contributed by atoms with Gasteiger partial charge in [0.25, 0.3) is 5.91 Å². The number of nitrogen functional groups attached to an aromatic ring is 1. The van der Waals surface area contributed by atoms with Gasteiger partial charge in [0.15, 0.2) is 6.10 Å². The topological polar surface area (TPSA) is 90.7 Å². The highest BCUT2D eigenvalue weighted by molar-refractivity contribution is 5.95. The van der Waals surface area contributed by atoms with Gasteiger partial charge < -0.3 is 20.5 Å². The highest BCUT2D eigenvalue weighted by Gasteiger charge is 2.26. The van der Waals surface area contributed by atoms with E-state index >= 15 is 0 Å². The Morgan fingerprint density at radius 3 is 2.95 bits per heavy atom. The first-order valence-electron chi connectivity index (χ1n) is 6.54. The molecule has 1 unspecified atom stereocenters. The molecule has 108 valence electrons. The maximum atomic E-state index is 12.1. The number of anilines is 1. The monoisotopic (exact) mass is 278 g/mol. The zero-order valence-electron chi connectivity index (χ0n) is 11.3. The molecule has 20 heavy (non-hydrogen) atoms. The van der Waals surface area contributed by atoms with Gasteiger partial charge in [-0.1, -0.05) is 0 Å². The first kappa shape index (κ1) is 14.2. The van der Waals surface area contributed by atoms with Crippen molar-refractivity contribution in [2.24, 2.45) is 0 Å². The molecule has 0 saturated carbocycles. The number of carbonyl (C=O) groups excluding carboxylic acids is 2. The largest absolute Gasteiger partial charge is 0.496 e. The second-order valence-corrected chi connectivity index (χ2v) is 4.64. The Balaban J connectivity index is 2.13. The summed E-state index contributed by atoms with van der Waals surface area (Å²) in [6.45, 7) is 0.623. The Labute approximate surface area is 117 Å². The van der Waals surface area contributed by atoms with Gasteiger partial charge in [-0.2, -0.15) is 0 Å². The summed E-state index contributed by atoms with van der Waals surface area (Å²) >= 11 is 0. The number of nitrogens with one attached hydrogen (secondary N) is 1. The van der Waals surface area contributed by atoms with Gasteiger partial charge in [-0.25, -0.2) is 4.79 Å². The smallest absolute Gasteiger partial charge is 0.342 e.